The summed E-state index contributed by atoms with van der Waals surface area (Å²) in [7, 11) is -9.34. The maximum Gasteiger partial charge on any atom is 0.305 e. The van der Waals surface area contributed by atoms with Crippen LogP contribution in [0.3, 0.4) is 0 Å². The summed E-state index contributed by atoms with van der Waals surface area (Å²) in [4.78, 5) is 0. The van der Waals surface area contributed by atoms with E-state index in [2.05, 4.69) is 0 Å². The van der Waals surface area contributed by atoms with Gasteiger partial charge in [-0.2, -0.15) is 16.8 Å². The van der Waals surface area contributed by atoms with Gasteiger partial charge in [0.2, 0.25) is 0 Å². The highest BCUT2D eigenvalue weighted by molar-refractivity contribution is 7.91. The first-order valence-electron chi connectivity index (χ1n) is 2.98. The highest BCUT2D eigenvalue weighted by Gasteiger charge is 2.29. The molecule has 0 saturated carbocycles. The van der Waals surface area contributed by atoms with Gasteiger partial charge in [-0.1, -0.05) is 23.2 Å². The van der Waals surface area contributed by atoms with Crippen LogP contribution in [0.5, 0.6) is 0 Å². The fraction of sp³-hybridized carbons (Fsp3) is 0. The zero-order valence-corrected chi connectivity index (χ0v) is 10.5. The van der Waals surface area contributed by atoms with Gasteiger partial charge in [-0.25, -0.2) is 0 Å². The van der Waals surface area contributed by atoms with E-state index in [1.165, 1.54) is 0 Å². The second kappa shape index (κ2) is 3.84. The molecule has 0 aliphatic rings. The quantitative estimate of drug-likeness (QED) is 0.802. The summed E-state index contributed by atoms with van der Waals surface area (Å²) in [6, 6.07) is 0. The summed E-state index contributed by atoms with van der Waals surface area (Å²) in [6.07, 6.45) is 0. The van der Waals surface area contributed by atoms with E-state index < -0.39 is 38.7 Å². The lowest BCUT2D eigenvalue weighted by molar-refractivity contribution is 0.484. The molecular formula is C4H2Cl2O6S3. The van der Waals surface area contributed by atoms with Crippen LogP contribution in [0.1, 0.15) is 0 Å². The molecule has 1 aromatic heterocycles. The molecule has 0 saturated heterocycles. The Hall–Kier alpha value is 0.1000. The molecule has 0 atom stereocenters. The zero-order valence-electron chi connectivity index (χ0n) is 6.51. The third kappa shape index (κ3) is 2.61. The average molecular weight is 313 g/mol. The largest absolute Gasteiger partial charge is 0.305 e. The first-order valence-corrected chi connectivity index (χ1v) is 7.43. The zero-order chi connectivity index (χ0) is 12.0. The van der Waals surface area contributed by atoms with Gasteiger partial charge in [-0.15, -0.1) is 11.3 Å². The Balaban J connectivity index is 3.67. The lowest BCUT2D eigenvalue weighted by atomic mass is 10.6. The van der Waals surface area contributed by atoms with Crippen molar-refractivity contribution in [1.29, 1.82) is 0 Å². The highest BCUT2D eigenvalue weighted by atomic mass is 35.5. The minimum Gasteiger partial charge on any atom is -0.281 e. The lowest BCUT2D eigenvalue weighted by Crippen LogP contribution is -1.95. The monoisotopic (exact) mass is 312 g/mol. The molecule has 1 rings (SSSR count). The number of thiophene rings is 1. The first kappa shape index (κ1) is 13.2. The molecule has 0 aromatic carbocycles. The fourth-order valence-corrected chi connectivity index (χ4v) is 4.62. The van der Waals surface area contributed by atoms with Gasteiger partial charge in [0.1, 0.15) is 0 Å². The third-order valence-corrected chi connectivity index (χ3v) is 6.39. The van der Waals surface area contributed by atoms with Crippen molar-refractivity contribution in [2.75, 3.05) is 0 Å². The predicted molar refractivity (Wildman–Crippen MR) is 54.0 cm³/mol. The van der Waals surface area contributed by atoms with Gasteiger partial charge in [-0.3, -0.25) is 9.11 Å². The molecule has 0 amide bonds. The molecule has 86 valence electrons. The van der Waals surface area contributed by atoms with E-state index in [0.29, 0.717) is 0 Å². The average Bonchev–Trinajstić information content (AvgIpc) is 2.26. The van der Waals surface area contributed by atoms with Crippen LogP contribution in [-0.2, 0) is 20.2 Å². The Bertz CT molecular complexity index is 544. The Morgan fingerprint density at radius 1 is 0.867 bits per heavy atom. The van der Waals surface area contributed by atoms with Gasteiger partial charge in [0.05, 0.1) is 10.0 Å². The summed E-state index contributed by atoms with van der Waals surface area (Å²) in [5, 5.41) is -1.28. The third-order valence-electron chi connectivity index (χ3n) is 1.21. The molecule has 11 heteroatoms. The predicted octanol–water partition coefficient (Wildman–Crippen LogP) is 1.55. The number of hydrogen-bond donors (Lipinski definition) is 2. The molecule has 0 aliphatic carbocycles. The van der Waals surface area contributed by atoms with E-state index in [1.54, 1.807) is 0 Å². The van der Waals surface area contributed by atoms with Gasteiger partial charge < -0.3 is 0 Å². The van der Waals surface area contributed by atoms with Crippen molar-refractivity contribution >= 4 is 54.8 Å². The summed E-state index contributed by atoms with van der Waals surface area (Å²) in [5.74, 6) is 0. The maximum atomic E-state index is 10.7. The second-order valence-corrected chi connectivity index (χ2v) is 7.27. The molecule has 1 heterocycles. The Kier molecular flexibility index (Phi) is 3.37. The van der Waals surface area contributed by atoms with Crippen molar-refractivity contribution in [2.45, 2.75) is 8.42 Å². The van der Waals surface area contributed by atoms with E-state index in [9.17, 15) is 16.8 Å². The minimum atomic E-state index is -4.67. The van der Waals surface area contributed by atoms with Gasteiger partial charge >= 0.3 is 20.2 Å². The standard InChI is InChI=1S/C4H2Cl2O6S3/c5-1-2(6)4(15(10,11)12)13-3(1)14(7,8)9/h(H,7,8,9)(H,10,11,12). The fourth-order valence-electron chi connectivity index (χ4n) is 0.685. The van der Waals surface area contributed by atoms with Crippen molar-refractivity contribution in [1.82, 2.24) is 0 Å². The molecule has 0 unspecified atom stereocenters. The minimum absolute atomic E-state index is 0.0602. The van der Waals surface area contributed by atoms with Crippen LogP contribution in [0.4, 0.5) is 0 Å². The molecule has 6 nitrogen and oxygen atoms in total. The summed E-state index contributed by atoms with van der Waals surface area (Å²) in [6.45, 7) is 0. The van der Waals surface area contributed by atoms with Crippen LogP contribution in [0.2, 0.25) is 10.0 Å². The number of halogens is 2. The second-order valence-electron chi connectivity index (χ2n) is 2.26. The molecule has 0 aliphatic heterocycles. The van der Waals surface area contributed by atoms with E-state index in [1.807, 2.05) is 0 Å². The SMILES string of the molecule is O=S(=O)(O)c1sc(S(=O)(=O)O)c(Cl)c1Cl. The van der Waals surface area contributed by atoms with Gasteiger partial charge in [0.25, 0.3) is 0 Å². The lowest BCUT2D eigenvalue weighted by Gasteiger charge is -1.90. The van der Waals surface area contributed by atoms with Crippen molar-refractivity contribution < 1.29 is 25.9 Å². The van der Waals surface area contributed by atoms with E-state index in [-0.39, 0.29) is 11.3 Å². The summed E-state index contributed by atoms with van der Waals surface area (Å²) in [5.41, 5.74) is 0. The van der Waals surface area contributed by atoms with E-state index in [4.69, 9.17) is 32.3 Å². The molecular weight excluding hydrogens is 311 g/mol. The van der Waals surface area contributed by atoms with Gasteiger partial charge in [-0.05, 0) is 0 Å². The van der Waals surface area contributed by atoms with Crippen LogP contribution in [0.15, 0.2) is 8.42 Å². The summed E-state index contributed by atoms with van der Waals surface area (Å²) >= 11 is 10.8. The van der Waals surface area contributed by atoms with Crippen molar-refractivity contribution in [3.63, 3.8) is 0 Å². The Labute approximate surface area is 98.9 Å². The molecule has 0 bridgehead atoms. The van der Waals surface area contributed by atoms with Crippen molar-refractivity contribution in [3.05, 3.63) is 10.0 Å². The van der Waals surface area contributed by atoms with Gasteiger partial charge in [0.15, 0.2) is 8.42 Å². The van der Waals surface area contributed by atoms with E-state index in [0.717, 1.165) is 0 Å². The Morgan fingerprint density at radius 3 is 1.27 bits per heavy atom. The molecule has 2 N–H and O–H groups in total. The molecule has 15 heavy (non-hydrogen) atoms. The smallest absolute Gasteiger partial charge is 0.281 e. The van der Waals surface area contributed by atoms with Crippen LogP contribution < -0.4 is 0 Å². The molecule has 0 fully saturated rings. The van der Waals surface area contributed by atoms with Crippen LogP contribution >= 0.6 is 34.5 Å². The van der Waals surface area contributed by atoms with Crippen LogP contribution in [0, 0.1) is 0 Å². The van der Waals surface area contributed by atoms with Crippen LogP contribution in [0.25, 0.3) is 0 Å². The topological polar surface area (TPSA) is 109 Å². The normalized spacial score (nSPS) is 13.1. The molecule has 0 spiro atoms. The first-order chi connectivity index (χ1) is 6.55. The molecule has 1 aromatic rings. The van der Waals surface area contributed by atoms with E-state index >= 15 is 0 Å². The maximum absolute atomic E-state index is 10.7. The summed E-state index contributed by atoms with van der Waals surface area (Å²) < 4.78 is 58.4. The highest BCUT2D eigenvalue weighted by Crippen LogP contribution is 2.41. The van der Waals surface area contributed by atoms with Crippen molar-refractivity contribution in [2.24, 2.45) is 0 Å². The van der Waals surface area contributed by atoms with Crippen molar-refractivity contribution in [3.8, 4) is 0 Å². The Morgan fingerprint density at radius 2 is 1.13 bits per heavy atom. The number of hydrogen-bond acceptors (Lipinski definition) is 5. The van der Waals surface area contributed by atoms with Crippen LogP contribution in [-0.4, -0.2) is 25.9 Å². The number of rotatable bonds is 2. The molecule has 0 radical (unpaired) electrons. The van der Waals surface area contributed by atoms with Gasteiger partial charge in [0, 0.05) is 0 Å².